The molecule has 1 aliphatic carbocycles. The maximum Gasteiger partial charge on any atom is -0.00530 e. The minimum absolute atomic E-state index is 0.429. The van der Waals surface area contributed by atoms with Crippen LogP contribution in [0.2, 0.25) is 0 Å². The van der Waals surface area contributed by atoms with Crippen LogP contribution in [-0.2, 0) is 0 Å². The van der Waals surface area contributed by atoms with E-state index in [1.165, 1.54) is 51.4 Å². The number of allylic oxidation sites excluding steroid dienone is 2. The van der Waals surface area contributed by atoms with E-state index in [-0.39, 0.29) is 0 Å². The molecule has 0 heterocycles. The summed E-state index contributed by atoms with van der Waals surface area (Å²) < 4.78 is 0. The van der Waals surface area contributed by atoms with E-state index in [2.05, 4.69) is 6.58 Å². The lowest BCUT2D eigenvalue weighted by atomic mass is 9.91. The summed E-state index contributed by atoms with van der Waals surface area (Å²) in [4.78, 5) is 0. The van der Waals surface area contributed by atoms with Crippen LogP contribution in [0, 0.1) is 18.4 Å². The van der Waals surface area contributed by atoms with Gasteiger partial charge in [-0.1, -0.05) is 57.3 Å². The molecule has 0 heteroatoms. The van der Waals surface area contributed by atoms with Gasteiger partial charge in [0.05, 0.1) is 0 Å². The quantitative estimate of drug-likeness (QED) is 0.442. The van der Waals surface area contributed by atoms with Crippen LogP contribution < -0.4 is 0 Å². The Morgan fingerprint density at radius 2 is 1.86 bits per heavy atom. The highest BCUT2D eigenvalue weighted by atomic mass is 14.2. The Morgan fingerprint density at radius 1 is 1.21 bits per heavy atom. The Balaban J connectivity index is 2.21. The predicted octanol–water partition coefficient (Wildman–Crippen LogP) is 4.53. The second kappa shape index (κ2) is 6.86. The standard InChI is InChI=1S/C14H23/c1-3-13(4-2)11-12-14-9-7-5-6-8-10-14/h1,3-4,13-14H,2,5-12H2. The van der Waals surface area contributed by atoms with Crippen molar-refractivity contribution in [3.63, 3.8) is 0 Å². The first kappa shape index (κ1) is 11.6. The lowest BCUT2D eigenvalue weighted by Crippen LogP contribution is -2.01. The minimum Gasteiger partial charge on any atom is -0.102 e. The van der Waals surface area contributed by atoms with Gasteiger partial charge in [0.15, 0.2) is 0 Å². The summed E-state index contributed by atoms with van der Waals surface area (Å²) in [5, 5.41) is 0. The van der Waals surface area contributed by atoms with Gasteiger partial charge in [0.2, 0.25) is 0 Å². The van der Waals surface area contributed by atoms with E-state index in [0.29, 0.717) is 5.92 Å². The Hall–Kier alpha value is -0.520. The summed E-state index contributed by atoms with van der Waals surface area (Å²) in [7, 11) is 0. The van der Waals surface area contributed by atoms with Gasteiger partial charge in [0, 0.05) is 0 Å². The van der Waals surface area contributed by atoms with Gasteiger partial charge in [-0.15, -0.1) is 6.58 Å². The van der Waals surface area contributed by atoms with Crippen LogP contribution in [0.4, 0.5) is 0 Å². The van der Waals surface area contributed by atoms with E-state index >= 15 is 0 Å². The van der Waals surface area contributed by atoms with Crippen molar-refractivity contribution in [2.45, 2.75) is 51.4 Å². The van der Waals surface area contributed by atoms with Gasteiger partial charge in [-0.05, 0) is 24.7 Å². The summed E-state index contributed by atoms with van der Waals surface area (Å²) in [6, 6.07) is 0. The lowest BCUT2D eigenvalue weighted by Gasteiger charge is -2.15. The van der Waals surface area contributed by atoms with Crippen LogP contribution >= 0.6 is 0 Å². The molecule has 0 nitrogen and oxygen atoms in total. The van der Waals surface area contributed by atoms with Crippen molar-refractivity contribution in [3.05, 3.63) is 25.3 Å². The van der Waals surface area contributed by atoms with E-state index in [9.17, 15) is 0 Å². The maximum atomic E-state index is 5.53. The average Bonchev–Trinajstić information content (AvgIpc) is 2.48. The predicted molar refractivity (Wildman–Crippen MR) is 63.0 cm³/mol. The third-order valence-corrected chi connectivity index (χ3v) is 3.43. The molecule has 1 radical (unpaired) electrons. The first-order valence-corrected chi connectivity index (χ1v) is 6.04. The fourth-order valence-electron chi connectivity index (χ4n) is 2.37. The molecule has 1 fully saturated rings. The molecule has 1 atom stereocenters. The molecule has 0 aromatic heterocycles. The van der Waals surface area contributed by atoms with Crippen molar-refractivity contribution >= 4 is 0 Å². The Bertz CT molecular complexity index is 153. The van der Waals surface area contributed by atoms with E-state index in [1.54, 1.807) is 6.08 Å². The third-order valence-electron chi connectivity index (χ3n) is 3.43. The highest BCUT2D eigenvalue weighted by molar-refractivity contribution is 4.90. The van der Waals surface area contributed by atoms with Crippen LogP contribution in [0.5, 0.6) is 0 Å². The molecule has 1 unspecified atom stereocenters. The van der Waals surface area contributed by atoms with Gasteiger partial charge in [-0.2, -0.15) is 0 Å². The summed E-state index contributed by atoms with van der Waals surface area (Å²) in [6.07, 6.45) is 14.9. The minimum atomic E-state index is 0.429. The maximum absolute atomic E-state index is 5.53. The molecule has 0 aromatic carbocycles. The Labute approximate surface area is 89.1 Å². The van der Waals surface area contributed by atoms with Gasteiger partial charge in [-0.25, -0.2) is 0 Å². The molecule has 0 bridgehead atoms. The molecule has 0 spiro atoms. The van der Waals surface area contributed by atoms with Crippen molar-refractivity contribution in [1.82, 2.24) is 0 Å². The van der Waals surface area contributed by atoms with Gasteiger partial charge in [-0.3, -0.25) is 0 Å². The third kappa shape index (κ3) is 4.13. The topological polar surface area (TPSA) is 0 Å². The van der Waals surface area contributed by atoms with E-state index < -0.39 is 0 Å². The molecule has 0 saturated heterocycles. The fraction of sp³-hybridized carbons (Fsp3) is 0.714. The van der Waals surface area contributed by atoms with Crippen LogP contribution in [0.15, 0.2) is 18.7 Å². The monoisotopic (exact) mass is 191 g/mol. The molecule has 0 aliphatic heterocycles. The molecule has 0 N–H and O–H groups in total. The first-order valence-electron chi connectivity index (χ1n) is 6.04. The SMILES string of the molecule is [CH]=CC(C=C)CCC1CCCCCC1. The number of rotatable bonds is 5. The molecule has 14 heavy (non-hydrogen) atoms. The van der Waals surface area contributed by atoms with Gasteiger partial charge >= 0.3 is 0 Å². The number of hydrogen-bond donors (Lipinski definition) is 0. The highest BCUT2D eigenvalue weighted by Crippen LogP contribution is 2.28. The zero-order chi connectivity index (χ0) is 10.2. The van der Waals surface area contributed by atoms with E-state index in [1.807, 2.05) is 6.08 Å². The van der Waals surface area contributed by atoms with Gasteiger partial charge < -0.3 is 0 Å². The largest absolute Gasteiger partial charge is 0.102 e. The van der Waals surface area contributed by atoms with Crippen LogP contribution in [0.1, 0.15) is 51.4 Å². The normalized spacial score (nSPS) is 21.1. The number of hydrogen-bond acceptors (Lipinski definition) is 0. The second-order valence-corrected chi connectivity index (χ2v) is 4.53. The molecule has 1 rings (SSSR count). The molecule has 0 amide bonds. The average molecular weight is 191 g/mol. The zero-order valence-corrected chi connectivity index (χ0v) is 9.25. The van der Waals surface area contributed by atoms with E-state index in [0.717, 1.165) is 5.92 Å². The highest BCUT2D eigenvalue weighted by Gasteiger charge is 2.12. The Morgan fingerprint density at radius 3 is 2.36 bits per heavy atom. The smallest absolute Gasteiger partial charge is 0.00530 e. The van der Waals surface area contributed by atoms with Crippen molar-refractivity contribution in [2.24, 2.45) is 11.8 Å². The summed E-state index contributed by atoms with van der Waals surface area (Å²) in [5.74, 6) is 1.39. The van der Waals surface area contributed by atoms with Crippen LogP contribution in [0.3, 0.4) is 0 Å². The molecule has 1 aliphatic rings. The summed E-state index contributed by atoms with van der Waals surface area (Å²) in [6.45, 7) is 9.34. The molecule has 79 valence electrons. The van der Waals surface area contributed by atoms with Crippen LogP contribution in [-0.4, -0.2) is 0 Å². The lowest BCUT2D eigenvalue weighted by molar-refractivity contribution is 0.403. The molecular formula is C14H23. The zero-order valence-electron chi connectivity index (χ0n) is 9.25. The first-order chi connectivity index (χ1) is 6.86. The molecule has 0 aromatic rings. The van der Waals surface area contributed by atoms with Crippen molar-refractivity contribution < 1.29 is 0 Å². The van der Waals surface area contributed by atoms with Crippen molar-refractivity contribution in [3.8, 4) is 0 Å². The Kier molecular flexibility index (Phi) is 5.66. The van der Waals surface area contributed by atoms with Crippen molar-refractivity contribution in [2.75, 3.05) is 0 Å². The summed E-state index contributed by atoms with van der Waals surface area (Å²) in [5.41, 5.74) is 0. The molecule has 1 saturated carbocycles. The van der Waals surface area contributed by atoms with Gasteiger partial charge in [0.1, 0.15) is 0 Å². The van der Waals surface area contributed by atoms with E-state index in [4.69, 9.17) is 6.58 Å². The van der Waals surface area contributed by atoms with Crippen LogP contribution in [0.25, 0.3) is 0 Å². The molecular weight excluding hydrogens is 168 g/mol. The van der Waals surface area contributed by atoms with Gasteiger partial charge in [0.25, 0.3) is 0 Å². The van der Waals surface area contributed by atoms with Crippen molar-refractivity contribution in [1.29, 1.82) is 0 Å². The fourth-order valence-corrected chi connectivity index (χ4v) is 2.37. The summed E-state index contributed by atoms with van der Waals surface area (Å²) >= 11 is 0. The second-order valence-electron chi connectivity index (χ2n) is 4.53.